The number of hydrogen-bond donors (Lipinski definition) is 1. The van der Waals surface area contributed by atoms with Crippen LogP contribution in [0.4, 0.5) is 4.39 Å². The lowest BCUT2D eigenvalue weighted by Gasteiger charge is -2.25. The number of aliphatic hydroxyl groups is 1. The van der Waals surface area contributed by atoms with Crippen molar-refractivity contribution >= 4 is 40.7 Å². The van der Waals surface area contributed by atoms with Gasteiger partial charge in [0.2, 0.25) is 0 Å². The summed E-state index contributed by atoms with van der Waals surface area (Å²) in [6, 6.07) is 10.5. The molecule has 1 fully saturated rings. The van der Waals surface area contributed by atoms with Crippen molar-refractivity contribution in [1.29, 1.82) is 0 Å². The number of halogens is 3. The van der Waals surface area contributed by atoms with Crippen LogP contribution in [0.5, 0.6) is 5.75 Å². The Balaban J connectivity index is 1.96. The zero-order valence-corrected chi connectivity index (χ0v) is 18.2. The molecule has 1 aliphatic heterocycles. The molecule has 1 aromatic heterocycles. The second-order valence-electron chi connectivity index (χ2n) is 7.00. The summed E-state index contributed by atoms with van der Waals surface area (Å²) in [7, 11) is 1.33. The Bertz CT molecular complexity index is 1240. The van der Waals surface area contributed by atoms with E-state index >= 15 is 0 Å². The number of rotatable bonds is 5. The smallest absolute Gasteiger partial charge is 0.296 e. The van der Waals surface area contributed by atoms with Gasteiger partial charge >= 0.3 is 0 Å². The van der Waals surface area contributed by atoms with Crippen molar-refractivity contribution in [2.75, 3.05) is 7.11 Å². The first-order valence-electron chi connectivity index (χ1n) is 9.42. The van der Waals surface area contributed by atoms with E-state index in [1.807, 2.05) is 0 Å². The highest BCUT2D eigenvalue weighted by Gasteiger charge is 2.47. The number of likely N-dealkylation sites (tertiary alicyclic amines) is 1. The minimum atomic E-state index is -1.22. The fraction of sp³-hybridized carbons (Fsp3) is 0.130. The monoisotopic (exact) mass is 475 g/mol. The molecule has 1 unspecified atom stereocenters. The summed E-state index contributed by atoms with van der Waals surface area (Å²) in [6.07, 6.45) is 1.42. The first-order valence-corrected chi connectivity index (χ1v) is 10.2. The number of ketones is 1. The maximum absolute atomic E-state index is 14.8. The second kappa shape index (κ2) is 8.68. The zero-order valence-electron chi connectivity index (χ0n) is 16.6. The summed E-state index contributed by atoms with van der Waals surface area (Å²) >= 11 is 12.3. The minimum Gasteiger partial charge on any atom is -0.507 e. The maximum Gasteiger partial charge on any atom is 0.296 e. The highest BCUT2D eigenvalue weighted by Crippen LogP contribution is 2.44. The van der Waals surface area contributed by atoms with E-state index in [-0.39, 0.29) is 39.0 Å². The van der Waals surface area contributed by atoms with Crippen LogP contribution in [0.3, 0.4) is 0 Å². The maximum atomic E-state index is 14.8. The van der Waals surface area contributed by atoms with Crippen molar-refractivity contribution in [3.05, 3.63) is 93.1 Å². The summed E-state index contributed by atoms with van der Waals surface area (Å²) in [5, 5.41) is 11.4. The first kappa shape index (κ1) is 21.9. The van der Waals surface area contributed by atoms with E-state index in [2.05, 4.69) is 0 Å². The van der Waals surface area contributed by atoms with Crippen molar-refractivity contribution in [2.45, 2.75) is 12.6 Å². The number of methoxy groups -OCH3 is 1. The standard InChI is InChI=1S/C23H16Cl2FNO5/c1-31-22-15(9-12(24)10-16(22)25)20(28)18-19(14-6-2-3-7-17(14)26)27(23(30)21(18)29)11-13-5-4-8-32-13/h2-10,19,28H,11H2,1H3/b20-18+. The lowest BCUT2D eigenvalue weighted by Crippen LogP contribution is -2.29. The molecule has 2 heterocycles. The molecule has 1 amide bonds. The average molecular weight is 476 g/mol. The van der Waals surface area contributed by atoms with Crippen molar-refractivity contribution in [2.24, 2.45) is 0 Å². The van der Waals surface area contributed by atoms with Crippen molar-refractivity contribution in [3.63, 3.8) is 0 Å². The normalized spacial score (nSPS) is 17.8. The average Bonchev–Trinajstić information content (AvgIpc) is 3.36. The molecule has 164 valence electrons. The van der Waals surface area contributed by atoms with E-state index in [9.17, 15) is 19.1 Å². The minimum absolute atomic E-state index is 0.00216. The van der Waals surface area contributed by atoms with Crippen LogP contribution < -0.4 is 4.74 Å². The molecule has 1 saturated heterocycles. The lowest BCUT2D eigenvalue weighted by molar-refractivity contribution is -0.140. The molecular weight excluding hydrogens is 460 g/mol. The second-order valence-corrected chi connectivity index (χ2v) is 7.84. The molecule has 0 bridgehead atoms. The Morgan fingerprint density at radius 2 is 1.94 bits per heavy atom. The van der Waals surface area contributed by atoms with Gasteiger partial charge in [0.25, 0.3) is 11.7 Å². The van der Waals surface area contributed by atoms with Crippen LogP contribution in [0.1, 0.15) is 22.9 Å². The van der Waals surface area contributed by atoms with Crippen LogP contribution in [-0.2, 0) is 16.1 Å². The van der Waals surface area contributed by atoms with Crippen molar-refractivity contribution < 1.29 is 28.2 Å². The largest absolute Gasteiger partial charge is 0.507 e. The van der Waals surface area contributed by atoms with Gasteiger partial charge in [0.05, 0.1) is 42.1 Å². The molecule has 0 aliphatic carbocycles. The van der Waals surface area contributed by atoms with E-state index in [0.717, 1.165) is 4.90 Å². The number of Topliss-reactive ketones (excluding diaryl/α,β-unsaturated/α-hetero) is 1. The van der Waals surface area contributed by atoms with Crippen LogP contribution in [0.15, 0.2) is 64.8 Å². The zero-order chi connectivity index (χ0) is 23.0. The van der Waals surface area contributed by atoms with Crippen LogP contribution in [-0.4, -0.2) is 28.8 Å². The highest BCUT2D eigenvalue weighted by molar-refractivity contribution is 6.46. The summed E-state index contributed by atoms with van der Waals surface area (Å²) in [5.74, 6) is -2.69. The predicted molar refractivity (Wildman–Crippen MR) is 116 cm³/mol. The third-order valence-corrected chi connectivity index (χ3v) is 5.61. The van der Waals surface area contributed by atoms with Crippen LogP contribution >= 0.6 is 23.2 Å². The van der Waals surface area contributed by atoms with Gasteiger partial charge < -0.3 is 19.2 Å². The molecule has 1 N–H and O–H groups in total. The summed E-state index contributed by atoms with van der Waals surface area (Å²) in [6.45, 7) is -0.110. The quantitative estimate of drug-likeness (QED) is 0.305. The Labute approximate surface area is 192 Å². The molecule has 0 saturated carbocycles. The molecule has 9 heteroatoms. The van der Waals surface area contributed by atoms with Crippen LogP contribution in [0, 0.1) is 5.82 Å². The van der Waals surface area contributed by atoms with E-state index in [1.165, 1.54) is 43.7 Å². The Kier molecular flexibility index (Phi) is 5.95. The van der Waals surface area contributed by atoms with Crippen molar-refractivity contribution in [3.8, 4) is 5.75 Å². The van der Waals surface area contributed by atoms with Crippen molar-refractivity contribution in [1.82, 2.24) is 4.90 Å². The SMILES string of the molecule is COc1c(Cl)cc(Cl)cc1/C(O)=C1\C(=O)C(=O)N(Cc2ccco2)C1c1ccccc1F. The number of amides is 1. The van der Waals surface area contributed by atoms with Crippen LogP contribution in [0.25, 0.3) is 5.76 Å². The number of nitrogens with zero attached hydrogens (tertiary/aromatic N) is 1. The number of furan rings is 1. The van der Waals surface area contributed by atoms with E-state index < -0.39 is 29.3 Å². The number of carbonyl (C=O) groups is 2. The third kappa shape index (κ3) is 3.74. The topological polar surface area (TPSA) is 80.0 Å². The van der Waals surface area contributed by atoms with Gasteiger partial charge in [-0.2, -0.15) is 0 Å². The molecule has 2 aromatic carbocycles. The van der Waals surface area contributed by atoms with E-state index in [4.69, 9.17) is 32.4 Å². The van der Waals surface area contributed by atoms with Gasteiger partial charge in [0, 0.05) is 10.6 Å². The Hall–Kier alpha value is -3.29. The molecular formula is C23H16Cl2FNO5. The van der Waals surface area contributed by atoms with Gasteiger partial charge in [-0.25, -0.2) is 4.39 Å². The molecule has 0 radical (unpaired) electrons. The van der Waals surface area contributed by atoms with Gasteiger partial charge in [-0.1, -0.05) is 41.4 Å². The first-order chi connectivity index (χ1) is 15.3. The van der Waals surface area contributed by atoms with Gasteiger partial charge in [-0.05, 0) is 30.3 Å². The molecule has 6 nitrogen and oxygen atoms in total. The summed E-state index contributed by atoms with van der Waals surface area (Å²) in [5.41, 5.74) is -0.280. The summed E-state index contributed by atoms with van der Waals surface area (Å²) < 4.78 is 25.4. The predicted octanol–water partition coefficient (Wildman–Crippen LogP) is 5.36. The number of carbonyl (C=O) groups excluding carboxylic acids is 2. The molecule has 4 rings (SSSR count). The molecule has 3 aromatic rings. The molecule has 0 spiro atoms. The Morgan fingerprint density at radius 3 is 2.59 bits per heavy atom. The molecule has 1 aliphatic rings. The number of hydrogen-bond acceptors (Lipinski definition) is 5. The number of ether oxygens (including phenoxy) is 1. The number of aliphatic hydroxyl groups excluding tert-OH is 1. The fourth-order valence-corrected chi connectivity index (χ4v) is 4.29. The lowest BCUT2D eigenvalue weighted by atomic mass is 9.94. The Morgan fingerprint density at radius 1 is 1.19 bits per heavy atom. The fourth-order valence-electron chi connectivity index (χ4n) is 3.72. The van der Waals surface area contributed by atoms with Gasteiger partial charge in [-0.3, -0.25) is 9.59 Å². The molecule has 32 heavy (non-hydrogen) atoms. The van der Waals surface area contributed by atoms with Gasteiger partial charge in [-0.15, -0.1) is 0 Å². The van der Waals surface area contributed by atoms with Crippen LogP contribution in [0.2, 0.25) is 10.0 Å². The van der Waals surface area contributed by atoms with Gasteiger partial charge in [0.1, 0.15) is 23.1 Å². The van der Waals surface area contributed by atoms with Gasteiger partial charge in [0.15, 0.2) is 0 Å². The molecule has 1 atom stereocenters. The number of benzene rings is 2. The van der Waals surface area contributed by atoms with E-state index in [0.29, 0.717) is 5.76 Å². The highest BCUT2D eigenvalue weighted by atomic mass is 35.5. The summed E-state index contributed by atoms with van der Waals surface area (Å²) in [4.78, 5) is 27.1. The van der Waals surface area contributed by atoms with E-state index in [1.54, 1.807) is 18.2 Å². The third-order valence-electron chi connectivity index (χ3n) is 5.11.